The van der Waals surface area contributed by atoms with Crippen molar-refractivity contribution < 1.29 is 18.3 Å². The van der Waals surface area contributed by atoms with Crippen LogP contribution in [0.2, 0.25) is 0 Å². The molecule has 0 bridgehead atoms. The van der Waals surface area contributed by atoms with E-state index in [-0.39, 0.29) is 5.75 Å². The lowest BCUT2D eigenvalue weighted by molar-refractivity contribution is -0.137. The fraction of sp³-hybridized carbons (Fsp3) is 0.273. The van der Waals surface area contributed by atoms with Crippen LogP contribution in [0.4, 0.5) is 19.1 Å². The Labute approximate surface area is 167 Å². The van der Waals surface area contributed by atoms with Gasteiger partial charge in [-0.05, 0) is 53.8 Å². The largest absolute Gasteiger partial charge is 0.508 e. The van der Waals surface area contributed by atoms with Gasteiger partial charge < -0.3 is 10.0 Å². The van der Waals surface area contributed by atoms with E-state index in [0.717, 1.165) is 35.2 Å². The summed E-state index contributed by atoms with van der Waals surface area (Å²) in [7, 11) is 0. The third kappa shape index (κ3) is 5.70. The maximum atomic E-state index is 12.8. The summed E-state index contributed by atoms with van der Waals surface area (Å²) in [6, 6.07) is 12.1. The lowest BCUT2D eigenvalue weighted by atomic mass is 10.1. The molecule has 0 aliphatic rings. The van der Waals surface area contributed by atoms with Crippen molar-refractivity contribution >= 4 is 5.95 Å². The van der Waals surface area contributed by atoms with E-state index in [0.29, 0.717) is 25.5 Å². The predicted octanol–water partition coefficient (Wildman–Crippen LogP) is 5.01. The number of aryl methyl sites for hydroxylation is 1. The van der Waals surface area contributed by atoms with Gasteiger partial charge in [-0.25, -0.2) is 9.97 Å². The van der Waals surface area contributed by atoms with Gasteiger partial charge >= 0.3 is 6.18 Å². The lowest BCUT2D eigenvalue weighted by Gasteiger charge is -2.23. The average Bonchev–Trinajstić information content (AvgIpc) is 2.72. The van der Waals surface area contributed by atoms with Crippen LogP contribution in [0.25, 0.3) is 0 Å². The highest BCUT2D eigenvalue weighted by molar-refractivity contribution is 5.35. The summed E-state index contributed by atoms with van der Waals surface area (Å²) < 4.78 is 38.4. The third-order valence-electron chi connectivity index (χ3n) is 4.64. The Morgan fingerprint density at radius 3 is 2.00 bits per heavy atom. The smallest absolute Gasteiger partial charge is 0.416 e. The van der Waals surface area contributed by atoms with Gasteiger partial charge in [-0.1, -0.05) is 31.2 Å². The molecule has 1 N–H and O–H groups in total. The number of hydrogen-bond donors (Lipinski definition) is 1. The number of rotatable bonds is 7. The Hall–Kier alpha value is -3.09. The molecular weight excluding hydrogens is 379 g/mol. The fourth-order valence-electron chi connectivity index (χ4n) is 2.89. The fourth-order valence-corrected chi connectivity index (χ4v) is 2.89. The molecule has 1 aromatic heterocycles. The second-order valence-corrected chi connectivity index (χ2v) is 6.78. The van der Waals surface area contributed by atoms with Crippen LogP contribution in [-0.4, -0.2) is 21.6 Å². The van der Waals surface area contributed by atoms with Crippen molar-refractivity contribution in [2.45, 2.75) is 32.5 Å². The highest BCUT2D eigenvalue weighted by Crippen LogP contribution is 2.29. The number of nitrogens with zero attached hydrogens (tertiary/aromatic N) is 3. The Morgan fingerprint density at radius 2 is 1.45 bits per heavy atom. The van der Waals surface area contributed by atoms with Crippen molar-refractivity contribution in [2.24, 2.45) is 0 Å². The molecule has 2 aromatic carbocycles. The highest BCUT2D eigenvalue weighted by Gasteiger charge is 2.30. The first kappa shape index (κ1) is 20.6. The maximum Gasteiger partial charge on any atom is 0.416 e. The molecule has 0 fully saturated rings. The Balaban J connectivity index is 1.78. The van der Waals surface area contributed by atoms with E-state index in [2.05, 4.69) is 9.97 Å². The van der Waals surface area contributed by atoms with Gasteiger partial charge in [-0.3, -0.25) is 0 Å². The second kappa shape index (κ2) is 8.94. The normalized spacial score (nSPS) is 11.4. The molecule has 0 aliphatic heterocycles. The molecule has 0 saturated carbocycles. The first-order valence-electron chi connectivity index (χ1n) is 9.35. The quantitative estimate of drug-likeness (QED) is 0.604. The van der Waals surface area contributed by atoms with Crippen molar-refractivity contribution in [3.05, 3.63) is 83.2 Å². The monoisotopic (exact) mass is 401 g/mol. The molecule has 1 heterocycles. The third-order valence-corrected chi connectivity index (χ3v) is 4.64. The molecule has 0 radical (unpaired) electrons. The summed E-state index contributed by atoms with van der Waals surface area (Å²) >= 11 is 0. The Kier molecular flexibility index (Phi) is 6.36. The lowest BCUT2D eigenvalue weighted by Crippen LogP contribution is -2.27. The minimum Gasteiger partial charge on any atom is -0.508 e. The van der Waals surface area contributed by atoms with E-state index in [1.54, 1.807) is 24.5 Å². The van der Waals surface area contributed by atoms with Crippen molar-refractivity contribution in [2.75, 3.05) is 11.4 Å². The number of alkyl halides is 3. The molecule has 0 saturated heterocycles. The summed E-state index contributed by atoms with van der Waals surface area (Å²) in [5.74, 6) is 0.731. The van der Waals surface area contributed by atoms with E-state index >= 15 is 0 Å². The molecule has 0 aliphatic carbocycles. The zero-order valence-electron chi connectivity index (χ0n) is 16.0. The van der Waals surface area contributed by atoms with E-state index in [4.69, 9.17) is 0 Å². The predicted molar refractivity (Wildman–Crippen MR) is 106 cm³/mol. The van der Waals surface area contributed by atoms with E-state index in [1.807, 2.05) is 24.0 Å². The van der Waals surface area contributed by atoms with Crippen LogP contribution in [0.15, 0.2) is 60.9 Å². The number of aromatic hydroxyl groups is 1. The van der Waals surface area contributed by atoms with Gasteiger partial charge in [0.25, 0.3) is 0 Å². The first-order valence-corrected chi connectivity index (χ1v) is 9.35. The molecule has 0 amide bonds. The van der Waals surface area contributed by atoms with Crippen LogP contribution in [0, 0.1) is 0 Å². The van der Waals surface area contributed by atoms with Crippen LogP contribution in [0.3, 0.4) is 0 Å². The van der Waals surface area contributed by atoms with Crippen molar-refractivity contribution in [1.29, 1.82) is 0 Å². The molecule has 0 spiro atoms. The van der Waals surface area contributed by atoms with Gasteiger partial charge in [0, 0.05) is 25.5 Å². The minimum atomic E-state index is -4.35. The van der Waals surface area contributed by atoms with Gasteiger partial charge in [0.05, 0.1) is 5.56 Å². The molecule has 4 nitrogen and oxygen atoms in total. The maximum absolute atomic E-state index is 12.8. The number of benzene rings is 2. The molecule has 7 heteroatoms. The van der Waals surface area contributed by atoms with E-state index < -0.39 is 11.7 Å². The van der Waals surface area contributed by atoms with Crippen LogP contribution < -0.4 is 4.90 Å². The summed E-state index contributed by atoms with van der Waals surface area (Å²) in [5, 5.41) is 9.43. The number of phenolic OH excluding ortho intramolecular Hbond substituents is 1. The molecule has 3 aromatic rings. The molecule has 29 heavy (non-hydrogen) atoms. The number of halogens is 3. The van der Waals surface area contributed by atoms with Crippen molar-refractivity contribution in [1.82, 2.24) is 9.97 Å². The van der Waals surface area contributed by atoms with Crippen LogP contribution in [-0.2, 0) is 25.6 Å². The van der Waals surface area contributed by atoms with Crippen LogP contribution in [0.5, 0.6) is 5.75 Å². The van der Waals surface area contributed by atoms with Crippen molar-refractivity contribution in [3.8, 4) is 5.75 Å². The Bertz CT molecular complexity index is 908. The topological polar surface area (TPSA) is 49.2 Å². The summed E-state index contributed by atoms with van der Waals surface area (Å²) in [5.41, 5.74) is 2.12. The second-order valence-electron chi connectivity index (χ2n) is 6.78. The summed E-state index contributed by atoms with van der Waals surface area (Å²) in [4.78, 5) is 10.8. The number of aromatic nitrogens is 2. The molecule has 3 rings (SSSR count). The zero-order chi connectivity index (χ0) is 20.9. The summed E-state index contributed by atoms with van der Waals surface area (Å²) in [6.07, 6.45) is 0.688. The van der Waals surface area contributed by atoms with Crippen LogP contribution in [0.1, 0.15) is 29.2 Å². The molecule has 152 valence electrons. The van der Waals surface area contributed by atoms with Gasteiger partial charge in [0.1, 0.15) is 5.75 Å². The van der Waals surface area contributed by atoms with Gasteiger partial charge in [-0.2, -0.15) is 13.2 Å². The van der Waals surface area contributed by atoms with Gasteiger partial charge in [0.2, 0.25) is 5.95 Å². The van der Waals surface area contributed by atoms with E-state index in [9.17, 15) is 18.3 Å². The van der Waals surface area contributed by atoms with E-state index in [1.165, 1.54) is 12.1 Å². The number of phenols is 1. The molecule has 0 atom stereocenters. The highest BCUT2D eigenvalue weighted by atomic mass is 19.4. The number of anilines is 1. The van der Waals surface area contributed by atoms with Gasteiger partial charge in [0.15, 0.2) is 0 Å². The minimum absolute atomic E-state index is 0.203. The Morgan fingerprint density at radius 1 is 0.862 bits per heavy atom. The average molecular weight is 401 g/mol. The molecule has 0 unspecified atom stereocenters. The first-order chi connectivity index (χ1) is 13.8. The number of hydrogen-bond acceptors (Lipinski definition) is 4. The molecular formula is C22H22F3N3O. The summed E-state index contributed by atoms with van der Waals surface area (Å²) in [6.45, 7) is 2.99. The zero-order valence-corrected chi connectivity index (χ0v) is 16.0. The van der Waals surface area contributed by atoms with Crippen molar-refractivity contribution in [3.63, 3.8) is 0 Å². The standard InChI is InChI=1S/C22H22F3N3O/c1-2-16-13-26-21(27-14-16)28(12-11-17-5-9-20(29)10-6-17)15-18-3-7-19(8-4-18)22(23,24)25/h3-10,13-14,29H,2,11-12,15H2,1H3. The SMILES string of the molecule is CCc1cnc(N(CCc2ccc(O)cc2)Cc2ccc(C(F)(F)F)cc2)nc1. The van der Waals surface area contributed by atoms with Gasteiger partial charge in [-0.15, -0.1) is 0 Å². The van der Waals surface area contributed by atoms with Crippen LogP contribution >= 0.6 is 0 Å².